The molecule has 0 saturated heterocycles. The standard InChI is InChI=1S/C15H9F6N5/c16-14(17,18)9-2-4-12(23-6-9)26-7-24-13(25-26)8-1-3-11(22)10(5-8)15(19,20)21/h1-7H,22H2. The number of pyridine rings is 1. The minimum Gasteiger partial charge on any atom is -0.398 e. The summed E-state index contributed by atoms with van der Waals surface area (Å²) in [6.45, 7) is 0. The summed E-state index contributed by atoms with van der Waals surface area (Å²) in [7, 11) is 0. The summed E-state index contributed by atoms with van der Waals surface area (Å²) in [6, 6.07) is 5.08. The topological polar surface area (TPSA) is 69.6 Å². The molecule has 5 nitrogen and oxygen atoms in total. The molecule has 0 unspecified atom stereocenters. The van der Waals surface area contributed by atoms with Crippen LogP contribution in [0, 0.1) is 0 Å². The highest BCUT2D eigenvalue weighted by molar-refractivity contribution is 5.63. The zero-order valence-corrected chi connectivity index (χ0v) is 12.7. The minimum absolute atomic E-state index is 0.0308. The van der Waals surface area contributed by atoms with Crippen LogP contribution in [0.2, 0.25) is 0 Å². The van der Waals surface area contributed by atoms with Gasteiger partial charge in [-0.2, -0.15) is 26.3 Å². The average molecular weight is 373 g/mol. The van der Waals surface area contributed by atoms with Gasteiger partial charge in [0.2, 0.25) is 0 Å². The van der Waals surface area contributed by atoms with Gasteiger partial charge in [0.1, 0.15) is 6.33 Å². The van der Waals surface area contributed by atoms with Crippen molar-refractivity contribution < 1.29 is 26.3 Å². The third kappa shape index (κ3) is 3.46. The second kappa shape index (κ2) is 6.00. The van der Waals surface area contributed by atoms with Gasteiger partial charge in [0.15, 0.2) is 11.6 Å². The van der Waals surface area contributed by atoms with Crippen molar-refractivity contribution in [2.24, 2.45) is 0 Å². The molecule has 2 aromatic heterocycles. The van der Waals surface area contributed by atoms with Crippen LogP contribution in [-0.2, 0) is 12.4 Å². The summed E-state index contributed by atoms with van der Waals surface area (Å²) in [4.78, 5) is 7.50. The number of nitrogen functional groups attached to an aromatic ring is 1. The fourth-order valence-electron chi connectivity index (χ4n) is 2.14. The molecule has 26 heavy (non-hydrogen) atoms. The summed E-state index contributed by atoms with van der Waals surface area (Å²) in [6.07, 6.45) is -7.41. The monoisotopic (exact) mass is 373 g/mol. The van der Waals surface area contributed by atoms with Crippen molar-refractivity contribution in [1.82, 2.24) is 19.7 Å². The summed E-state index contributed by atoms with van der Waals surface area (Å²) >= 11 is 0. The Balaban J connectivity index is 1.93. The van der Waals surface area contributed by atoms with Crippen molar-refractivity contribution in [3.8, 4) is 17.2 Å². The van der Waals surface area contributed by atoms with Gasteiger partial charge in [-0.15, -0.1) is 5.10 Å². The van der Waals surface area contributed by atoms with Gasteiger partial charge in [-0.05, 0) is 30.3 Å². The Morgan fingerprint density at radius 1 is 0.885 bits per heavy atom. The maximum absolute atomic E-state index is 12.9. The van der Waals surface area contributed by atoms with E-state index in [0.717, 1.165) is 35.3 Å². The molecular formula is C15H9F6N5. The lowest BCUT2D eigenvalue weighted by molar-refractivity contribution is -0.138. The van der Waals surface area contributed by atoms with Crippen molar-refractivity contribution in [3.63, 3.8) is 0 Å². The summed E-state index contributed by atoms with van der Waals surface area (Å²) in [5, 5.41) is 3.95. The largest absolute Gasteiger partial charge is 0.418 e. The van der Waals surface area contributed by atoms with Gasteiger partial charge in [0.25, 0.3) is 0 Å². The fourth-order valence-corrected chi connectivity index (χ4v) is 2.14. The molecule has 0 saturated carbocycles. The highest BCUT2D eigenvalue weighted by Crippen LogP contribution is 2.35. The van der Waals surface area contributed by atoms with Gasteiger partial charge in [0.05, 0.1) is 11.1 Å². The van der Waals surface area contributed by atoms with Crippen LogP contribution in [0.25, 0.3) is 17.2 Å². The molecule has 0 atom stereocenters. The fraction of sp³-hybridized carbons (Fsp3) is 0.133. The van der Waals surface area contributed by atoms with Crippen molar-refractivity contribution in [3.05, 3.63) is 54.0 Å². The van der Waals surface area contributed by atoms with Crippen molar-refractivity contribution >= 4 is 5.69 Å². The number of anilines is 1. The highest BCUT2D eigenvalue weighted by Gasteiger charge is 2.33. The summed E-state index contributed by atoms with van der Waals surface area (Å²) in [5.41, 5.74) is 2.98. The van der Waals surface area contributed by atoms with Crippen LogP contribution >= 0.6 is 0 Å². The number of nitrogens with zero attached hydrogens (tertiary/aromatic N) is 4. The number of hydrogen-bond donors (Lipinski definition) is 1. The maximum Gasteiger partial charge on any atom is 0.418 e. The van der Waals surface area contributed by atoms with Crippen molar-refractivity contribution in [2.75, 3.05) is 5.73 Å². The molecule has 0 spiro atoms. The Labute approximate surface area is 142 Å². The lowest BCUT2D eigenvalue weighted by Crippen LogP contribution is -2.09. The van der Waals surface area contributed by atoms with Gasteiger partial charge < -0.3 is 5.73 Å². The predicted octanol–water partition coefficient (Wildman–Crippen LogP) is 3.95. The van der Waals surface area contributed by atoms with Crippen molar-refractivity contribution in [1.29, 1.82) is 0 Å². The number of nitrogens with two attached hydrogens (primary N) is 1. The third-order valence-electron chi connectivity index (χ3n) is 3.42. The van der Waals surface area contributed by atoms with E-state index in [4.69, 9.17) is 5.73 Å². The number of rotatable bonds is 2. The number of alkyl halides is 6. The second-order valence-electron chi connectivity index (χ2n) is 5.22. The van der Waals surface area contributed by atoms with Crippen LogP contribution in [-0.4, -0.2) is 19.7 Å². The molecule has 2 heterocycles. The van der Waals surface area contributed by atoms with Crippen LogP contribution in [0.5, 0.6) is 0 Å². The number of halogens is 6. The Kier molecular flexibility index (Phi) is 4.09. The average Bonchev–Trinajstić information content (AvgIpc) is 3.03. The van der Waals surface area contributed by atoms with Crippen LogP contribution < -0.4 is 5.73 Å². The number of aromatic nitrogens is 4. The van der Waals surface area contributed by atoms with E-state index in [1.54, 1.807) is 0 Å². The smallest absolute Gasteiger partial charge is 0.398 e. The summed E-state index contributed by atoms with van der Waals surface area (Å²) in [5.74, 6) is -0.0274. The third-order valence-corrected chi connectivity index (χ3v) is 3.42. The van der Waals surface area contributed by atoms with Crippen LogP contribution in [0.3, 0.4) is 0 Å². The van der Waals surface area contributed by atoms with Gasteiger partial charge >= 0.3 is 12.4 Å². The number of hydrogen-bond acceptors (Lipinski definition) is 4. The van der Waals surface area contributed by atoms with E-state index in [1.807, 2.05) is 0 Å². The van der Waals surface area contributed by atoms with Gasteiger partial charge in [0, 0.05) is 17.4 Å². The lowest BCUT2D eigenvalue weighted by Gasteiger charge is -2.10. The Bertz CT molecular complexity index is 927. The van der Waals surface area contributed by atoms with E-state index in [2.05, 4.69) is 15.1 Å². The molecule has 136 valence electrons. The van der Waals surface area contributed by atoms with E-state index < -0.39 is 29.2 Å². The predicted molar refractivity (Wildman–Crippen MR) is 79.0 cm³/mol. The van der Waals surface area contributed by atoms with Gasteiger partial charge in [-0.25, -0.2) is 14.6 Å². The van der Waals surface area contributed by atoms with Crippen LogP contribution in [0.1, 0.15) is 11.1 Å². The molecule has 0 aliphatic rings. The van der Waals surface area contributed by atoms with Gasteiger partial charge in [-0.3, -0.25) is 0 Å². The SMILES string of the molecule is Nc1ccc(-c2ncn(-c3ccc(C(F)(F)F)cn3)n2)cc1C(F)(F)F. The Hall–Kier alpha value is -3.11. The lowest BCUT2D eigenvalue weighted by atomic mass is 10.1. The molecule has 0 aliphatic heterocycles. The first-order chi connectivity index (χ1) is 12.1. The molecule has 0 amide bonds. The number of benzene rings is 1. The summed E-state index contributed by atoms with van der Waals surface area (Å²) < 4.78 is 77.4. The normalized spacial score (nSPS) is 12.4. The Morgan fingerprint density at radius 2 is 1.62 bits per heavy atom. The van der Waals surface area contributed by atoms with Crippen LogP contribution in [0.4, 0.5) is 32.0 Å². The van der Waals surface area contributed by atoms with E-state index in [-0.39, 0.29) is 17.2 Å². The van der Waals surface area contributed by atoms with E-state index in [0.29, 0.717) is 6.20 Å². The molecule has 0 aliphatic carbocycles. The highest BCUT2D eigenvalue weighted by atomic mass is 19.4. The molecule has 11 heteroatoms. The molecule has 3 aromatic rings. The quantitative estimate of drug-likeness (QED) is 0.546. The van der Waals surface area contributed by atoms with E-state index in [9.17, 15) is 26.3 Å². The molecule has 2 N–H and O–H groups in total. The molecule has 1 aromatic carbocycles. The molecule has 0 bridgehead atoms. The van der Waals surface area contributed by atoms with E-state index >= 15 is 0 Å². The Morgan fingerprint density at radius 3 is 2.19 bits per heavy atom. The maximum atomic E-state index is 12.9. The molecule has 3 rings (SSSR count). The zero-order valence-electron chi connectivity index (χ0n) is 12.7. The van der Waals surface area contributed by atoms with Crippen LogP contribution in [0.15, 0.2) is 42.9 Å². The first-order valence-corrected chi connectivity index (χ1v) is 6.98. The molecule has 0 radical (unpaired) electrons. The first-order valence-electron chi connectivity index (χ1n) is 6.98. The first kappa shape index (κ1) is 17.7. The zero-order chi connectivity index (χ0) is 19.1. The minimum atomic E-state index is -4.64. The second-order valence-corrected chi connectivity index (χ2v) is 5.22. The molecular weight excluding hydrogens is 364 g/mol. The van der Waals surface area contributed by atoms with E-state index in [1.165, 1.54) is 6.07 Å². The molecule has 0 fully saturated rings. The van der Waals surface area contributed by atoms with Gasteiger partial charge in [-0.1, -0.05) is 0 Å². The van der Waals surface area contributed by atoms with Crippen molar-refractivity contribution in [2.45, 2.75) is 12.4 Å².